The molecule has 1 aromatic carbocycles. The van der Waals surface area contributed by atoms with Gasteiger partial charge < -0.3 is 10.5 Å². The zero-order chi connectivity index (χ0) is 12.3. The quantitative estimate of drug-likeness (QED) is 0.863. The summed E-state index contributed by atoms with van der Waals surface area (Å²) in [5.41, 5.74) is 6.59. The predicted molar refractivity (Wildman–Crippen MR) is 67.6 cm³/mol. The van der Waals surface area contributed by atoms with Gasteiger partial charge in [0.25, 0.3) is 0 Å². The summed E-state index contributed by atoms with van der Waals surface area (Å²) in [6.07, 6.45) is 1.53. The van der Waals surface area contributed by atoms with Crippen LogP contribution in [-0.2, 0) is 0 Å². The Balaban J connectivity index is 2.28. The Kier molecular flexibility index (Phi) is 3.26. The van der Waals surface area contributed by atoms with Crippen molar-refractivity contribution in [3.63, 3.8) is 0 Å². The summed E-state index contributed by atoms with van der Waals surface area (Å²) in [6, 6.07) is 10.5. The minimum absolute atomic E-state index is 0.314. The molecule has 1 heterocycles. The van der Waals surface area contributed by atoms with Gasteiger partial charge in [-0.1, -0.05) is 0 Å². The monoisotopic (exact) mass is 289 g/mol. The number of benzene rings is 1. The third-order valence-electron chi connectivity index (χ3n) is 2.03. The topological polar surface area (TPSA) is 71.9 Å². The van der Waals surface area contributed by atoms with E-state index in [0.29, 0.717) is 22.9 Å². The molecule has 1 aromatic heterocycles. The molecule has 0 aliphatic rings. The van der Waals surface area contributed by atoms with Crippen LogP contribution in [-0.4, -0.2) is 4.98 Å². The van der Waals surface area contributed by atoms with Gasteiger partial charge in [0, 0.05) is 18.0 Å². The van der Waals surface area contributed by atoms with Crippen molar-refractivity contribution in [3.8, 4) is 17.6 Å². The molecule has 0 saturated heterocycles. The van der Waals surface area contributed by atoms with E-state index in [4.69, 9.17) is 15.7 Å². The SMILES string of the molecule is N#Cc1cc(Oc2ccc(N)cc2Br)ccn1. The molecule has 5 heteroatoms. The standard InChI is InChI=1S/C12H8BrN3O/c13-11-5-8(15)1-2-12(11)17-10-3-4-16-9(6-10)7-14/h1-6H,15H2. The lowest BCUT2D eigenvalue weighted by atomic mass is 10.3. The number of halogens is 1. The molecule has 4 nitrogen and oxygen atoms in total. The molecule has 2 aromatic rings. The molecule has 0 fully saturated rings. The molecule has 2 N–H and O–H groups in total. The van der Waals surface area contributed by atoms with Gasteiger partial charge in [-0.05, 0) is 40.2 Å². The first-order chi connectivity index (χ1) is 8.19. The number of hydrogen-bond acceptors (Lipinski definition) is 4. The number of nitriles is 1. The number of ether oxygens (including phenoxy) is 1. The number of nitrogen functional groups attached to an aromatic ring is 1. The molecule has 0 unspecified atom stereocenters. The number of hydrogen-bond donors (Lipinski definition) is 1. The highest BCUT2D eigenvalue weighted by atomic mass is 79.9. The van der Waals surface area contributed by atoms with Gasteiger partial charge in [0.1, 0.15) is 23.3 Å². The maximum absolute atomic E-state index is 8.73. The normalized spacial score (nSPS) is 9.65. The van der Waals surface area contributed by atoms with E-state index in [-0.39, 0.29) is 0 Å². The van der Waals surface area contributed by atoms with Gasteiger partial charge in [-0.25, -0.2) is 4.98 Å². The molecular formula is C12H8BrN3O. The molecule has 0 saturated carbocycles. The van der Waals surface area contributed by atoms with Gasteiger partial charge in [0.15, 0.2) is 0 Å². The Morgan fingerprint density at radius 3 is 2.82 bits per heavy atom. The fourth-order valence-electron chi connectivity index (χ4n) is 1.26. The molecule has 84 valence electrons. The first kappa shape index (κ1) is 11.4. The molecule has 0 radical (unpaired) electrons. The smallest absolute Gasteiger partial charge is 0.144 e. The molecule has 0 aliphatic carbocycles. The maximum atomic E-state index is 8.73. The molecule has 0 aliphatic heterocycles. The van der Waals surface area contributed by atoms with Gasteiger partial charge in [-0.2, -0.15) is 5.26 Å². The first-order valence-electron chi connectivity index (χ1n) is 4.78. The van der Waals surface area contributed by atoms with Crippen molar-refractivity contribution in [1.82, 2.24) is 4.98 Å². The van der Waals surface area contributed by atoms with E-state index in [1.807, 2.05) is 6.07 Å². The van der Waals surface area contributed by atoms with E-state index in [9.17, 15) is 0 Å². The fraction of sp³-hybridized carbons (Fsp3) is 0. The molecule has 0 atom stereocenters. The number of nitrogens with zero attached hydrogens (tertiary/aromatic N) is 2. The predicted octanol–water partition coefficient (Wildman–Crippen LogP) is 3.09. The Morgan fingerprint density at radius 1 is 1.29 bits per heavy atom. The molecule has 0 amide bonds. The van der Waals surface area contributed by atoms with Gasteiger partial charge in [-0.15, -0.1) is 0 Å². The lowest BCUT2D eigenvalue weighted by Crippen LogP contribution is -1.90. The highest BCUT2D eigenvalue weighted by Gasteiger charge is 2.04. The first-order valence-corrected chi connectivity index (χ1v) is 5.57. The van der Waals surface area contributed by atoms with Crippen molar-refractivity contribution in [2.75, 3.05) is 5.73 Å². The van der Waals surface area contributed by atoms with E-state index < -0.39 is 0 Å². The van der Waals surface area contributed by atoms with Crippen molar-refractivity contribution < 1.29 is 4.74 Å². The maximum Gasteiger partial charge on any atom is 0.144 e. The van der Waals surface area contributed by atoms with Gasteiger partial charge in [0.05, 0.1) is 4.47 Å². The van der Waals surface area contributed by atoms with E-state index in [2.05, 4.69) is 20.9 Å². The van der Waals surface area contributed by atoms with Crippen LogP contribution in [0.5, 0.6) is 11.5 Å². The highest BCUT2D eigenvalue weighted by Crippen LogP contribution is 2.31. The second-order valence-electron chi connectivity index (χ2n) is 3.28. The van der Waals surface area contributed by atoms with Crippen LogP contribution in [0, 0.1) is 11.3 Å². The van der Waals surface area contributed by atoms with Crippen LogP contribution in [0.4, 0.5) is 5.69 Å². The van der Waals surface area contributed by atoms with Crippen molar-refractivity contribution >= 4 is 21.6 Å². The van der Waals surface area contributed by atoms with E-state index >= 15 is 0 Å². The zero-order valence-electron chi connectivity index (χ0n) is 8.72. The zero-order valence-corrected chi connectivity index (χ0v) is 10.3. The largest absolute Gasteiger partial charge is 0.456 e. The van der Waals surface area contributed by atoms with Gasteiger partial charge >= 0.3 is 0 Å². The Labute approximate surface area is 107 Å². The summed E-state index contributed by atoms with van der Waals surface area (Å²) >= 11 is 3.35. The lowest BCUT2D eigenvalue weighted by molar-refractivity contribution is 0.479. The Bertz CT molecular complexity index is 593. The number of nitrogens with two attached hydrogens (primary N) is 1. The van der Waals surface area contributed by atoms with Gasteiger partial charge in [-0.3, -0.25) is 0 Å². The minimum Gasteiger partial charge on any atom is -0.456 e. The average molecular weight is 290 g/mol. The summed E-state index contributed by atoms with van der Waals surface area (Å²) in [5, 5.41) is 8.73. The van der Waals surface area contributed by atoms with Gasteiger partial charge in [0.2, 0.25) is 0 Å². The summed E-state index contributed by atoms with van der Waals surface area (Å²) in [5.74, 6) is 1.19. The number of anilines is 1. The third-order valence-corrected chi connectivity index (χ3v) is 2.65. The second-order valence-corrected chi connectivity index (χ2v) is 4.13. The van der Waals surface area contributed by atoms with E-state index in [1.54, 1.807) is 30.3 Å². The number of aromatic nitrogens is 1. The number of pyridine rings is 1. The van der Waals surface area contributed by atoms with Crippen molar-refractivity contribution in [2.24, 2.45) is 0 Å². The van der Waals surface area contributed by atoms with E-state index in [1.165, 1.54) is 6.20 Å². The van der Waals surface area contributed by atoms with Crippen molar-refractivity contribution in [3.05, 3.63) is 46.7 Å². The summed E-state index contributed by atoms with van der Waals surface area (Å²) in [6.45, 7) is 0. The fourth-order valence-corrected chi connectivity index (χ4v) is 1.74. The summed E-state index contributed by atoms with van der Waals surface area (Å²) < 4.78 is 6.37. The molecule has 0 spiro atoms. The highest BCUT2D eigenvalue weighted by molar-refractivity contribution is 9.10. The van der Waals surface area contributed by atoms with Crippen LogP contribution in [0.15, 0.2) is 41.0 Å². The molecule has 2 rings (SSSR count). The second kappa shape index (κ2) is 4.85. The van der Waals surface area contributed by atoms with Crippen LogP contribution in [0.2, 0.25) is 0 Å². The van der Waals surface area contributed by atoms with Crippen LogP contribution in [0.3, 0.4) is 0 Å². The third kappa shape index (κ3) is 2.74. The van der Waals surface area contributed by atoms with Crippen LogP contribution in [0.25, 0.3) is 0 Å². The molecule has 0 bridgehead atoms. The molecule has 17 heavy (non-hydrogen) atoms. The van der Waals surface area contributed by atoms with Crippen molar-refractivity contribution in [1.29, 1.82) is 5.26 Å². The Hall–Kier alpha value is -2.06. The van der Waals surface area contributed by atoms with Crippen molar-refractivity contribution in [2.45, 2.75) is 0 Å². The number of rotatable bonds is 2. The summed E-state index contributed by atoms with van der Waals surface area (Å²) in [4.78, 5) is 3.86. The van der Waals surface area contributed by atoms with Crippen LogP contribution >= 0.6 is 15.9 Å². The minimum atomic E-state index is 0.314. The Morgan fingerprint density at radius 2 is 2.12 bits per heavy atom. The van der Waals surface area contributed by atoms with E-state index in [0.717, 1.165) is 4.47 Å². The van der Waals surface area contributed by atoms with Crippen LogP contribution < -0.4 is 10.5 Å². The molecular weight excluding hydrogens is 282 g/mol. The van der Waals surface area contributed by atoms with Crippen LogP contribution in [0.1, 0.15) is 5.69 Å². The summed E-state index contributed by atoms with van der Waals surface area (Å²) in [7, 11) is 0. The lowest BCUT2D eigenvalue weighted by Gasteiger charge is -2.08. The average Bonchev–Trinajstić information content (AvgIpc) is 2.33.